The van der Waals surface area contributed by atoms with Crippen LogP contribution in [0.5, 0.6) is 5.75 Å². The molecule has 1 aromatic carbocycles. The summed E-state index contributed by atoms with van der Waals surface area (Å²) in [5.41, 5.74) is -0.346. The molecule has 4 atom stereocenters. The summed E-state index contributed by atoms with van der Waals surface area (Å²) in [6.45, 7) is 0.925. The number of fused-ring (bicyclic) bond motifs is 2. The number of imidazole rings is 2. The summed E-state index contributed by atoms with van der Waals surface area (Å²) in [6.07, 6.45) is -0.422. The standard InChI is InChI=1S/C20H21N5O6/c1-20(29)15(27)13(8-26)31-18(20)25-9-21-14-16(25)23-19-22-12(7-24(19)17(14)28)10-3-5-11(30-2)6-4-10/h3-7,9,13,15,18,26-27,29H,8H2,1-2H3,(H,22,23)/t13-,15-,18-,20-/m1/s1. The molecule has 162 valence electrons. The second-order valence-electron chi connectivity index (χ2n) is 7.71. The Balaban J connectivity index is 1.63. The van der Waals surface area contributed by atoms with Gasteiger partial charge in [0.05, 0.1) is 25.7 Å². The maximum Gasteiger partial charge on any atom is 0.287 e. The number of aromatic amines is 1. The van der Waals surface area contributed by atoms with Crippen molar-refractivity contribution in [3.8, 4) is 17.0 Å². The number of ether oxygens (including phenoxy) is 2. The third-order valence-corrected chi connectivity index (χ3v) is 5.72. The maximum absolute atomic E-state index is 13.0. The Morgan fingerprint density at radius 2 is 2.06 bits per heavy atom. The number of rotatable bonds is 4. The molecule has 0 unspecified atom stereocenters. The topological polar surface area (TPSA) is 147 Å². The first-order valence-electron chi connectivity index (χ1n) is 9.64. The zero-order valence-corrected chi connectivity index (χ0v) is 16.8. The van der Waals surface area contributed by atoms with E-state index in [2.05, 4.69) is 15.0 Å². The van der Waals surface area contributed by atoms with Crippen LogP contribution in [0, 0.1) is 0 Å². The fourth-order valence-electron chi connectivity index (χ4n) is 3.95. The molecule has 0 bridgehead atoms. The van der Waals surface area contributed by atoms with Crippen molar-refractivity contribution >= 4 is 16.9 Å². The number of H-pyrrole nitrogens is 1. The van der Waals surface area contributed by atoms with Crippen LogP contribution in [0.4, 0.5) is 0 Å². The van der Waals surface area contributed by atoms with Crippen molar-refractivity contribution in [2.24, 2.45) is 0 Å². The summed E-state index contributed by atoms with van der Waals surface area (Å²) < 4.78 is 13.6. The van der Waals surface area contributed by atoms with E-state index in [1.807, 2.05) is 24.3 Å². The lowest BCUT2D eigenvalue weighted by atomic mass is 9.96. The Bertz CT molecular complexity index is 1320. The van der Waals surface area contributed by atoms with E-state index >= 15 is 0 Å². The average molecular weight is 427 g/mol. The predicted molar refractivity (Wildman–Crippen MR) is 109 cm³/mol. The van der Waals surface area contributed by atoms with Gasteiger partial charge in [-0.3, -0.25) is 9.36 Å². The van der Waals surface area contributed by atoms with E-state index < -0.39 is 36.2 Å². The van der Waals surface area contributed by atoms with E-state index in [4.69, 9.17) is 9.47 Å². The molecule has 11 nitrogen and oxygen atoms in total. The summed E-state index contributed by atoms with van der Waals surface area (Å²) in [4.78, 5) is 24.8. The number of aliphatic hydroxyl groups excluding tert-OH is 2. The van der Waals surface area contributed by atoms with Crippen molar-refractivity contribution in [2.75, 3.05) is 13.7 Å². The highest BCUT2D eigenvalue weighted by Gasteiger charge is 2.53. The first-order valence-corrected chi connectivity index (χ1v) is 9.64. The van der Waals surface area contributed by atoms with E-state index in [9.17, 15) is 20.1 Å². The van der Waals surface area contributed by atoms with E-state index in [0.717, 1.165) is 5.56 Å². The second kappa shape index (κ2) is 6.89. The van der Waals surface area contributed by atoms with Gasteiger partial charge in [0, 0.05) is 6.20 Å². The molecule has 0 radical (unpaired) electrons. The van der Waals surface area contributed by atoms with Crippen LogP contribution in [0.3, 0.4) is 0 Å². The molecular weight excluding hydrogens is 406 g/mol. The zero-order chi connectivity index (χ0) is 21.9. The number of aromatic nitrogens is 5. The normalized spacial score (nSPS) is 26.2. The average Bonchev–Trinajstić information content (AvgIpc) is 3.44. The first-order chi connectivity index (χ1) is 14.8. The van der Waals surface area contributed by atoms with Gasteiger partial charge in [-0.15, -0.1) is 0 Å². The maximum atomic E-state index is 13.0. The third kappa shape index (κ3) is 2.86. The van der Waals surface area contributed by atoms with Crippen LogP contribution >= 0.6 is 0 Å². The lowest BCUT2D eigenvalue weighted by Crippen LogP contribution is -2.44. The minimum atomic E-state index is -1.72. The molecule has 0 spiro atoms. The van der Waals surface area contributed by atoms with Crippen LogP contribution < -0.4 is 10.3 Å². The second-order valence-corrected chi connectivity index (χ2v) is 7.71. The van der Waals surface area contributed by atoms with Gasteiger partial charge in [-0.2, -0.15) is 4.98 Å². The summed E-state index contributed by atoms with van der Waals surface area (Å²) in [7, 11) is 1.59. The fourth-order valence-corrected chi connectivity index (χ4v) is 3.95. The molecule has 31 heavy (non-hydrogen) atoms. The van der Waals surface area contributed by atoms with Crippen LogP contribution in [-0.2, 0) is 4.74 Å². The largest absolute Gasteiger partial charge is 0.497 e. The van der Waals surface area contributed by atoms with Crippen molar-refractivity contribution in [1.29, 1.82) is 0 Å². The van der Waals surface area contributed by atoms with E-state index in [-0.39, 0.29) is 16.9 Å². The lowest BCUT2D eigenvalue weighted by Gasteiger charge is -2.27. The molecule has 1 saturated heterocycles. The van der Waals surface area contributed by atoms with Gasteiger partial charge >= 0.3 is 0 Å². The number of nitrogens with zero attached hydrogens (tertiary/aromatic N) is 4. The number of methoxy groups -OCH3 is 1. The molecule has 1 fully saturated rings. The fraction of sp³-hybridized carbons (Fsp3) is 0.350. The molecule has 3 aromatic heterocycles. The molecule has 1 aliphatic rings. The molecule has 0 aliphatic carbocycles. The molecule has 4 N–H and O–H groups in total. The molecule has 0 amide bonds. The van der Waals surface area contributed by atoms with E-state index in [1.54, 1.807) is 13.3 Å². The lowest BCUT2D eigenvalue weighted by molar-refractivity contribution is -0.0950. The van der Waals surface area contributed by atoms with Crippen molar-refractivity contribution in [3.05, 3.63) is 47.1 Å². The number of benzene rings is 1. The Hall–Kier alpha value is -3.25. The van der Waals surface area contributed by atoms with Gasteiger partial charge in [0.15, 0.2) is 17.4 Å². The molecule has 1 aliphatic heterocycles. The number of hydrogen-bond acceptors (Lipinski definition) is 8. The van der Waals surface area contributed by atoms with Crippen LogP contribution in [-0.4, -0.2) is 70.8 Å². The van der Waals surface area contributed by atoms with Crippen molar-refractivity contribution < 1.29 is 24.8 Å². The highest BCUT2D eigenvalue weighted by atomic mass is 16.6. The van der Waals surface area contributed by atoms with Gasteiger partial charge in [-0.05, 0) is 36.8 Å². The molecular formula is C20H21N5O6. The Morgan fingerprint density at radius 3 is 2.71 bits per heavy atom. The van der Waals surface area contributed by atoms with Gasteiger partial charge in [0.2, 0.25) is 5.78 Å². The SMILES string of the molecule is COc1ccc(-c2cn3c(=O)c4ncn([C@@H]5O[C@H](CO)[C@@H](O)[C@@]5(C)O)c4nc3[nH]2)cc1. The zero-order valence-electron chi connectivity index (χ0n) is 16.8. The third-order valence-electron chi connectivity index (χ3n) is 5.72. The quantitative estimate of drug-likeness (QED) is 0.357. The van der Waals surface area contributed by atoms with Crippen molar-refractivity contribution in [2.45, 2.75) is 31.0 Å². The Morgan fingerprint density at radius 1 is 1.32 bits per heavy atom. The van der Waals surface area contributed by atoms with Gasteiger partial charge in [0.1, 0.15) is 23.6 Å². The summed E-state index contributed by atoms with van der Waals surface area (Å²) in [5, 5.41) is 30.5. The minimum absolute atomic E-state index is 0.0825. The monoisotopic (exact) mass is 427 g/mol. The first kappa shape index (κ1) is 19.7. The van der Waals surface area contributed by atoms with Gasteiger partial charge in [-0.25, -0.2) is 9.38 Å². The van der Waals surface area contributed by atoms with Crippen LogP contribution in [0.15, 0.2) is 41.6 Å². The number of hydrogen-bond donors (Lipinski definition) is 4. The summed E-state index contributed by atoms with van der Waals surface area (Å²) in [6, 6.07) is 7.33. The van der Waals surface area contributed by atoms with Crippen LogP contribution in [0.2, 0.25) is 0 Å². The van der Waals surface area contributed by atoms with E-state index in [1.165, 1.54) is 22.2 Å². The summed E-state index contributed by atoms with van der Waals surface area (Å²) >= 11 is 0. The molecule has 5 rings (SSSR count). The van der Waals surface area contributed by atoms with E-state index in [0.29, 0.717) is 11.4 Å². The molecule has 4 aromatic rings. The molecule has 11 heteroatoms. The van der Waals surface area contributed by atoms with Gasteiger partial charge in [0.25, 0.3) is 5.56 Å². The molecule has 4 heterocycles. The van der Waals surface area contributed by atoms with Crippen molar-refractivity contribution in [3.63, 3.8) is 0 Å². The van der Waals surface area contributed by atoms with Crippen LogP contribution in [0.25, 0.3) is 28.2 Å². The number of nitrogens with one attached hydrogen (secondary N) is 1. The Kier molecular flexibility index (Phi) is 4.38. The highest BCUT2D eigenvalue weighted by Crippen LogP contribution is 2.39. The van der Waals surface area contributed by atoms with Crippen LogP contribution in [0.1, 0.15) is 13.2 Å². The van der Waals surface area contributed by atoms with Gasteiger partial charge < -0.3 is 29.8 Å². The Labute approximate surface area is 175 Å². The van der Waals surface area contributed by atoms with Gasteiger partial charge in [-0.1, -0.05) is 0 Å². The summed E-state index contributed by atoms with van der Waals surface area (Å²) in [5.74, 6) is 0.994. The number of aliphatic hydroxyl groups is 3. The van der Waals surface area contributed by atoms with Crippen molar-refractivity contribution in [1.82, 2.24) is 23.9 Å². The predicted octanol–water partition coefficient (Wildman–Crippen LogP) is 0.0495. The molecule has 0 saturated carbocycles. The minimum Gasteiger partial charge on any atom is -0.497 e. The smallest absolute Gasteiger partial charge is 0.287 e. The highest BCUT2D eigenvalue weighted by molar-refractivity contribution is 5.73.